The zero-order valence-corrected chi connectivity index (χ0v) is 14.9. The molecule has 3 aliphatic rings. The van der Waals surface area contributed by atoms with Gasteiger partial charge in [-0.1, -0.05) is 24.6 Å². The maximum absolute atomic E-state index is 11.7. The van der Waals surface area contributed by atoms with Crippen molar-refractivity contribution in [1.82, 2.24) is 0 Å². The number of fused-ring (bicyclic) bond motifs is 4. The highest BCUT2D eigenvalue weighted by atomic mass is 16.3. The fourth-order valence-corrected chi connectivity index (χ4v) is 5.49. The van der Waals surface area contributed by atoms with Crippen LogP contribution in [0.5, 0.6) is 0 Å². The molecule has 0 amide bonds. The van der Waals surface area contributed by atoms with E-state index in [9.17, 15) is 20.1 Å². The first kappa shape index (κ1) is 17.8. The highest BCUT2D eigenvalue weighted by Gasteiger charge is 2.58. The molecule has 3 N–H and O–H groups in total. The van der Waals surface area contributed by atoms with Crippen molar-refractivity contribution >= 4 is 6.29 Å². The van der Waals surface area contributed by atoms with Crippen molar-refractivity contribution in [3.63, 3.8) is 0 Å². The van der Waals surface area contributed by atoms with Gasteiger partial charge in [-0.15, -0.1) is 0 Å². The second-order valence-electron chi connectivity index (χ2n) is 8.76. The Labute approximate surface area is 144 Å². The van der Waals surface area contributed by atoms with E-state index in [1.54, 1.807) is 0 Å². The van der Waals surface area contributed by atoms with Gasteiger partial charge in [-0.2, -0.15) is 0 Å². The van der Waals surface area contributed by atoms with Gasteiger partial charge >= 0.3 is 0 Å². The Hall–Kier alpha value is -0.970. The minimum atomic E-state index is -1.02. The van der Waals surface area contributed by atoms with Crippen LogP contribution in [0.25, 0.3) is 0 Å². The van der Waals surface area contributed by atoms with Crippen LogP contribution in [0.1, 0.15) is 52.9 Å². The molecule has 3 rings (SSSR count). The third kappa shape index (κ3) is 2.79. The Morgan fingerprint density at radius 2 is 1.96 bits per heavy atom. The van der Waals surface area contributed by atoms with E-state index in [0.29, 0.717) is 24.8 Å². The molecule has 7 atom stereocenters. The number of hydrogen-bond acceptors (Lipinski definition) is 4. The van der Waals surface area contributed by atoms with Crippen LogP contribution in [0.4, 0.5) is 0 Å². The number of aliphatic hydroxyl groups excluding tert-OH is 2. The van der Waals surface area contributed by atoms with Crippen LogP contribution in [0.15, 0.2) is 23.3 Å². The fourth-order valence-electron chi connectivity index (χ4n) is 5.49. The first-order chi connectivity index (χ1) is 11.2. The molecule has 0 aromatic rings. The van der Waals surface area contributed by atoms with Gasteiger partial charge in [0.05, 0.1) is 17.8 Å². The number of rotatable bonds is 2. The highest BCUT2D eigenvalue weighted by molar-refractivity contribution is 5.75. The van der Waals surface area contributed by atoms with Gasteiger partial charge in [-0.05, 0) is 62.9 Å². The molecule has 0 radical (unpaired) electrons. The lowest BCUT2D eigenvalue weighted by molar-refractivity contribution is -0.155. The Morgan fingerprint density at radius 3 is 2.58 bits per heavy atom. The van der Waals surface area contributed by atoms with Crippen LogP contribution in [0.2, 0.25) is 0 Å². The number of aliphatic hydroxyl groups is 3. The summed E-state index contributed by atoms with van der Waals surface area (Å²) in [6.45, 7) is 5.98. The second-order valence-corrected chi connectivity index (χ2v) is 8.76. The van der Waals surface area contributed by atoms with Crippen LogP contribution in [0, 0.1) is 23.2 Å². The molecule has 4 nitrogen and oxygen atoms in total. The van der Waals surface area contributed by atoms with Gasteiger partial charge in [0, 0.05) is 11.8 Å². The van der Waals surface area contributed by atoms with Crippen molar-refractivity contribution in [3.05, 3.63) is 23.3 Å². The van der Waals surface area contributed by atoms with Gasteiger partial charge in [0.1, 0.15) is 6.29 Å². The highest BCUT2D eigenvalue weighted by Crippen LogP contribution is 2.56. The normalized spacial score (nSPS) is 47.9. The van der Waals surface area contributed by atoms with Crippen molar-refractivity contribution in [2.45, 2.75) is 70.7 Å². The number of carbonyl (C=O) groups is 1. The number of carbonyl (C=O) groups excluding carboxylic acids is 1. The summed E-state index contributed by atoms with van der Waals surface area (Å²) in [5.41, 5.74) is 0.421. The summed E-state index contributed by atoms with van der Waals surface area (Å²) >= 11 is 0. The SMILES string of the molecule is CC(C)=C[C@@H]1C=C(C=O)[C@H]2CC[C@@]3(C)C[C@@](O)(CC[C@@H]3O)[C@@H]2[C@H]1O. The second kappa shape index (κ2) is 6.08. The maximum atomic E-state index is 11.7. The number of aldehydes is 1. The summed E-state index contributed by atoms with van der Waals surface area (Å²) in [5, 5.41) is 33.0. The quantitative estimate of drug-likeness (QED) is 0.535. The summed E-state index contributed by atoms with van der Waals surface area (Å²) in [5.74, 6) is -0.717. The topological polar surface area (TPSA) is 77.8 Å². The van der Waals surface area contributed by atoms with Gasteiger partial charge in [0.25, 0.3) is 0 Å². The summed E-state index contributed by atoms with van der Waals surface area (Å²) in [6, 6.07) is 0. The molecule has 4 heteroatoms. The van der Waals surface area contributed by atoms with Crippen LogP contribution in [0.3, 0.4) is 0 Å². The van der Waals surface area contributed by atoms with E-state index in [4.69, 9.17) is 0 Å². The van der Waals surface area contributed by atoms with E-state index in [1.165, 1.54) is 0 Å². The van der Waals surface area contributed by atoms with E-state index >= 15 is 0 Å². The minimum Gasteiger partial charge on any atom is -0.393 e. The molecule has 24 heavy (non-hydrogen) atoms. The van der Waals surface area contributed by atoms with E-state index in [1.807, 2.05) is 32.9 Å². The van der Waals surface area contributed by atoms with Gasteiger partial charge in [-0.25, -0.2) is 0 Å². The summed E-state index contributed by atoms with van der Waals surface area (Å²) < 4.78 is 0. The molecule has 3 aliphatic carbocycles. The summed E-state index contributed by atoms with van der Waals surface area (Å²) in [4.78, 5) is 11.7. The zero-order chi connectivity index (χ0) is 17.7. The van der Waals surface area contributed by atoms with E-state index < -0.39 is 17.8 Å². The summed E-state index contributed by atoms with van der Waals surface area (Å²) in [7, 11) is 0. The van der Waals surface area contributed by atoms with Crippen molar-refractivity contribution in [2.24, 2.45) is 23.2 Å². The number of hydrogen-bond donors (Lipinski definition) is 3. The van der Waals surface area contributed by atoms with Gasteiger partial charge in [-0.3, -0.25) is 4.79 Å². The Bertz CT molecular complexity index is 576. The monoisotopic (exact) mass is 334 g/mol. The summed E-state index contributed by atoms with van der Waals surface area (Å²) in [6.07, 6.45) is 6.65. The zero-order valence-electron chi connectivity index (χ0n) is 14.9. The first-order valence-electron chi connectivity index (χ1n) is 9.11. The predicted octanol–water partition coefficient (Wildman–Crippen LogP) is 2.38. The largest absolute Gasteiger partial charge is 0.393 e. The Kier molecular flexibility index (Phi) is 4.52. The molecule has 0 saturated heterocycles. The van der Waals surface area contributed by atoms with E-state index in [2.05, 4.69) is 0 Å². The van der Waals surface area contributed by atoms with E-state index in [-0.39, 0.29) is 23.2 Å². The first-order valence-corrected chi connectivity index (χ1v) is 9.11. The molecule has 2 bridgehead atoms. The van der Waals surface area contributed by atoms with Crippen LogP contribution in [-0.4, -0.2) is 39.4 Å². The average Bonchev–Trinajstić information content (AvgIpc) is 2.60. The number of allylic oxidation sites excluding steroid dienone is 2. The van der Waals surface area contributed by atoms with Crippen molar-refractivity contribution in [1.29, 1.82) is 0 Å². The lowest BCUT2D eigenvalue weighted by Gasteiger charge is -2.51. The molecule has 134 valence electrons. The lowest BCUT2D eigenvalue weighted by Crippen LogP contribution is -2.56. The maximum Gasteiger partial charge on any atom is 0.146 e. The van der Waals surface area contributed by atoms with Crippen molar-refractivity contribution < 1.29 is 20.1 Å². The van der Waals surface area contributed by atoms with E-state index in [0.717, 1.165) is 24.7 Å². The Balaban J connectivity index is 2.06. The molecule has 0 unspecified atom stereocenters. The molecule has 0 aliphatic heterocycles. The molecule has 0 heterocycles. The Morgan fingerprint density at radius 1 is 1.25 bits per heavy atom. The fraction of sp³-hybridized carbons (Fsp3) is 0.750. The molecule has 2 saturated carbocycles. The van der Waals surface area contributed by atoms with Gasteiger partial charge in [0.2, 0.25) is 0 Å². The minimum absolute atomic E-state index is 0.128. The third-order valence-corrected chi connectivity index (χ3v) is 6.68. The molecular formula is C20H30O4. The van der Waals surface area contributed by atoms with Crippen LogP contribution in [-0.2, 0) is 4.79 Å². The average molecular weight is 334 g/mol. The van der Waals surface area contributed by atoms with Crippen molar-refractivity contribution in [2.75, 3.05) is 0 Å². The molecule has 2 fully saturated rings. The van der Waals surface area contributed by atoms with Crippen molar-refractivity contribution in [3.8, 4) is 0 Å². The third-order valence-electron chi connectivity index (χ3n) is 6.68. The van der Waals surface area contributed by atoms with Crippen LogP contribution >= 0.6 is 0 Å². The predicted molar refractivity (Wildman–Crippen MR) is 92.2 cm³/mol. The van der Waals surface area contributed by atoms with Gasteiger partial charge in [0.15, 0.2) is 0 Å². The molecule has 0 spiro atoms. The van der Waals surface area contributed by atoms with Crippen LogP contribution < -0.4 is 0 Å². The standard InChI is InChI=1S/C20H30O4/c1-12(2)8-13-9-14(10-21)15-4-6-19(3)11-20(24,7-5-16(19)22)17(15)18(13)23/h8-10,13,15-18,22-24H,4-7,11H2,1-3H3/t13-,15-,16+,17+,18+,19+,20+/m1/s1. The molecule has 0 aromatic heterocycles. The lowest BCUT2D eigenvalue weighted by atomic mass is 9.59. The smallest absolute Gasteiger partial charge is 0.146 e. The molecular weight excluding hydrogens is 304 g/mol. The molecule has 0 aromatic carbocycles. The van der Waals surface area contributed by atoms with Gasteiger partial charge < -0.3 is 15.3 Å².